The van der Waals surface area contributed by atoms with Gasteiger partial charge in [-0.15, -0.1) is 0 Å². The van der Waals surface area contributed by atoms with Gasteiger partial charge in [0.25, 0.3) is 0 Å². The molecule has 818 valence electrons. The van der Waals surface area contributed by atoms with E-state index in [0.717, 1.165) is 27.7 Å². The Labute approximate surface area is 810 Å². The summed E-state index contributed by atoms with van der Waals surface area (Å²) >= 11 is 0. The number of rotatable bonds is 53. The van der Waals surface area contributed by atoms with E-state index in [1.54, 1.807) is 0 Å². The van der Waals surface area contributed by atoms with Gasteiger partial charge in [0.15, 0.2) is 50.3 Å². The molecule has 60 nitrogen and oxygen atoms in total. The van der Waals surface area contributed by atoms with Crippen molar-refractivity contribution in [2.24, 2.45) is 0 Å². The predicted molar refractivity (Wildman–Crippen MR) is 458 cm³/mol. The molecule has 42 atom stereocenters. The van der Waals surface area contributed by atoms with Crippen LogP contribution in [0.3, 0.4) is 0 Å². The van der Waals surface area contributed by atoms with Crippen LogP contribution in [0.15, 0.2) is 0 Å². The minimum atomic E-state index is -1.96. The molecule has 0 unspecified atom stereocenters. The highest BCUT2D eigenvalue weighted by Gasteiger charge is 2.58. The first-order valence-corrected chi connectivity index (χ1v) is 46.3. The molecule has 8 rings (SSSR count). The van der Waals surface area contributed by atoms with Crippen LogP contribution in [0.25, 0.3) is 0 Å². The molecule has 8 fully saturated rings. The lowest BCUT2D eigenvalue weighted by Crippen LogP contribution is -2.67. The summed E-state index contributed by atoms with van der Waals surface area (Å²) in [6, 6.07) is -9.30. The fraction of sp³-hybridized carbons (Fsp3) is 0.878. The Bertz CT molecular complexity index is 3650. The molecule has 8 saturated heterocycles. The van der Waals surface area contributed by atoms with Crippen LogP contribution in [0.4, 0.5) is 0 Å². The molecule has 60 heteroatoms. The predicted octanol–water partition coefficient (Wildman–Crippen LogP) is -20.5. The van der Waals surface area contributed by atoms with E-state index in [1.807, 2.05) is 0 Å². The van der Waals surface area contributed by atoms with Gasteiger partial charge in [0.1, 0.15) is 207 Å². The maximum Gasteiger partial charge on any atom is 0.243 e. The van der Waals surface area contributed by atoms with Crippen molar-refractivity contribution in [2.45, 2.75) is 349 Å². The van der Waals surface area contributed by atoms with Crippen LogP contribution in [-0.4, -0.2) is 545 Å². The van der Waals surface area contributed by atoms with Crippen LogP contribution < -0.4 is 53.2 Å². The largest absolute Gasteiger partial charge is 0.394 e. The average Bonchev–Trinajstić information content (AvgIpc) is 0.782. The molecule has 8 heterocycles. The number of amides is 10. The fourth-order valence-corrected chi connectivity index (χ4v) is 16.7. The molecule has 10 amide bonds. The van der Waals surface area contributed by atoms with Crippen molar-refractivity contribution in [1.82, 2.24) is 53.2 Å². The van der Waals surface area contributed by atoms with E-state index in [2.05, 4.69) is 53.2 Å². The third-order valence-corrected chi connectivity index (χ3v) is 24.2. The van der Waals surface area contributed by atoms with Gasteiger partial charge in [-0.3, -0.25) is 47.9 Å². The second-order valence-corrected chi connectivity index (χ2v) is 35.0. The minimum absolute atomic E-state index is 0.0718. The summed E-state index contributed by atoms with van der Waals surface area (Å²) in [6.45, 7) is -5.03. The Balaban J connectivity index is 0.906. The van der Waals surface area contributed by atoms with E-state index >= 15 is 0 Å². The van der Waals surface area contributed by atoms with Gasteiger partial charge in [0.05, 0.1) is 92.1 Å². The van der Waals surface area contributed by atoms with Gasteiger partial charge in [-0.25, -0.2) is 0 Å². The van der Waals surface area contributed by atoms with Gasteiger partial charge in [0, 0.05) is 66.7 Å². The molecule has 0 saturated carbocycles. The molecule has 0 aliphatic carbocycles. The van der Waals surface area contributed by atoms with E-state index < -0.39 is 395 Å². The van der Waals surface area contributed by atoms with Crippen molar-refractivity contribution < 1.29 is 246 Å². The molecule has 0 spiro atoms. The van der Waals surface area contributed by atoms with E-state index in [4.69, 9.17) is 75.8 Å². The molecule has 8 aliphatic rings. The molecule has 142 heavy (non-hydrogen) atoms. The summed E-state index contributed by atoms with van der Waals surface area (Å²) in [5.41, 5.74) is 0. The lowest BCUT2D eigenvalue weighted by Gasteiger charge is -2.47. The Morgan fingerprint density at radius 2 is 0.451 bits per heavy atom. The van der Waals surface area contributed by atoms with Crippen molar-refractivity contribution in [1.29, 1.82) is 0 Å². The van der Waals surface area contributed by atoms with Crippen molar-refractivity contribution >= 4 is 59.1 Å². The maximum atomic E-state index is 14.1. The third kappa shape index (κ3) is 33.3. The number of aliphatic hydroxyl groups is 24. The van der Waals surface area contributed by atoms with E-state index in [9.17, 15) is 171 Å². The second-order valence-electron chi connectivity index (χ2n) is 35.0. The first-order valence-electron chi connectivity index (χ1n) is 46.3. The molecule has 0 aromatic rings. The van der Waals surface area contributed by atoms with Crippen LogP contribution in [0.5, 0.6) is 0 Å². The SMILES string of the molecule is CC(=O)N[C@H]1[C@H](OCCCNC(=O)C[C@H](NC(=O)CCCCC(=O)N[C@@H](CC(=O)NCCCO[C@@H]2O[C@H](CO)[C@@H](O[C@@H]3O[C@H](CO)[C@@H](O)[C@H](O)[C@H]3O)[C@H](O)[C@H]2NC(C)=O)C(=O)NCCCO[C@@H]2O[C@H](CO)[C@@H](O[C@@H]3O[C@H](CO)[C@@H](O)[C@H](O)[C@H]3O)[C@H](O)[C@H]2NC(C)=O)C(=O)NCCCO[C@@H]2O[C@H](CO)[C@@H](O[C@@H]3O[C@H](CO)[C@@H](O)[C@H](O)[C@H]3O)[C@H](O)[C@H]2NC(C)=O)O[C@H](CO)[C@@H](O[C@@H]2O[C@H](CO)[C@@H](O)[C@H](O)[C@H]2O)[C@@H]1O. The summed E-state index contributed by atoms with van der Waals surface area (Å²) in [6.07, 6.45) is -64.9. The summed E-state index contributed by atoms with van der Waals surface area (Å²) in [5.74, 6) is -8.28. The van der Waals surface area contributed by atoms with Crippen LogP contribution >= 0.6 is 0 Å². The van der Waals surface area contributed by atoms with E-state index in [-0.39, 0.29) is 91.1 Å². The molecule has 0 aromatic carbocycles. The van der Waals surface area contributed by atoms with E-state index in [0.29, 0.717) is 0 Å². The number of hydrogen-bond acceptors (Lipinski definition) is 50. The average molecular weight is 2070 g/mol. The van der Waals surface area contributed by atoms with Gasteiger partial charge in [-0.1, -0.05) is 0 Å². The minimum Gasteiger partial charge on any atom is -0.394 e. The number of hydrogen-bond donors (Lipinski definition) is 34. The third-order valence-electron chi connectivity index (χ3n) is 24.2. The van der Waals surface area contributed by atoms with Crippen molar-refractivity contribution in [3.63, 3.8) is 0 Å². The lowest BCUT2D eigenvalue weighted by molar-refractivity contribution is -0.348. The van der Waals surface area contributed by atoms with Crippen molar-refractivity contribution in [2.75, 3.05) is 105 Å². The highest BCUT2D eigenvalue weighted by molar-refractivity contribution is 5.93. The van der Waals surface area contributed by atoms with Gasteiger partial charge >= 0.3 is 0 Å². The Morgan fingerprint density at radius 3 is 0.655 bits per heavy atom. The number of aliphatic hydroxyl groups excluding tert-OH is 24. The summed E-state index contributed by atoms with van der Waals surface area (Å²) in [4.78, 5) is 134. The summed E-state index contributed by atoms with van der Waals surface area (Å²) in [7, 11) is 0. The molecule has 8 aliphatic heterocycles. The molecule has 0 aromatic heterocycles. The zero-order valence-electron chi connectivity index (χ0n) is 78.0. The number of carbonyl (C=O) groups is 10. The molecule has 34 N–H and O–H groups in total. The number of unbranched alkanes of at least 4 members (excludes halogenated alkanes) is 1. The van der Waals surface area contributed by atoms with Gasteiger partial charge in [-0.2, -0.15) is 0 Å². The van der Waals surface area contributed by atoms with Crippen LogP contribution in [-0.2, 0) is 124 Å². The van der Waals surface area contributed by atoms with Crippen molar-refractivity contribution in [3.05, 3.63) is 0 Å². The van der Waals surface area contributed by atoms with Gasteiger partial charge in [-0.05, 0) is 38.5 Å². The Kier molecular flexibility index (Phi) is 49.8. The number of carbonyl (C=O) groups excluding carboxylic acids is 10. The zero-order chi connectivity index (χ0) is 105. The highest BCUT2D eigenvalue weighted by atomic mass is 16.8. The standard InChI is InChI=1S/C82H140N10O50/c1-31(101)87-49-57(113)69(139-79-65(121)61(117)53(109)37(23-93)131-79)41(27-97)135-75(49)127-17-7-13-83-47(107)21-35(73(125)85-15-9-19-129-77-51(89-33(3)103)59(115)71(43(29-99)137-77)141-81-67(123)63(119)55(111)39(25-95)133-81)91-45(105)11-5-6-12-46(106)92-36(74(126)86-16-10-20-130-78-52(90-34(4)104)60(116)72(44(30-100)138-78)142-82-68(124)64(120)56(112)40(26-96)134-82)22-48(108)84-14-8-18-128-76-50(88-32(2)102)58(114)70(42(28-98)136-76)140-80-66(122)62(118)54(110)38(24-94)132-80/h35-44,49-72,75-82,93-100,109-124H,5-30H2,1-4H3,(H,83,107)(H,84,108)(H,85,125)(H,86,126)(H,87,101)(H,88,102)(H,89,103)(H,90,104)(H,91,105)(H,92,106)/t35-,36-,37+,38+,39+,40+,41+,42+,43+,44+,49+,50+,51+,52+,53+,54+,55+,56+,57+,58+,59+,60+,61-,62-,63-,64-,65+,66+,67+,68+,69+,70+,71+,72+,75+,76+,77+,78+,79-,80-,81-,82-/m0/s1. The van der Waals surface area contributed by atoms with Crippen LogP contribution in [0.1, 0.15) is 91.9 Å². The van der Waals surface area contributed by atoms with E-state index in [1.165, 1.54) is 0 Å². The first kappa shape index (κ1) is 120. The first-order chi connectivity index (χ1) is 67.5. The maximum absolute atomic E-state index is 14.1. The van der Waals surface area contributed by atoms with Crippen LogP contribution in [0.2, 0.25) is 0 Å². The zero-order valence-corrected chi connectivity index (χ0v) is 78.0. The Hall–Kier alpha value is -6.90. The lowest BCUT2D eigenvalue weighted by atomic mass is 9.95. The summed E-state index contributed by atoms with van der Waals surface area (Å²) < 4.78 is 91.5. The smallest absolute Gasteiger partial charge is 0.243 e. The van der Waals surface area contributed by atoms with Crippen molar-refractivity contribution in [3.8, 4) is 0 Å². The van der Waals surface area contributed by atoms with Gasteiger partial charge < -0.3 is 252 Å². The van der Waals surface area contributed by atoms with Gasteiger partial charge in [0.2, 0.25) is 59.1 Å². The normalized spacial score (nSPS) is 38.0. The monoisotopic (exact) mass is 2060 g/mol. The number of nitrogens with one attached hydrogen (secondary N) is 10. The molecule has 0 bridgehead atoms. The Morgan fingerprint density at radius 1 is 0.246 bits per heavy atom. The van der Waals surface area contributed by atoms with Crippen LogP contribution in [0, 0.1) is 0 Å². The quantitative estimate of drug-likeness (QED) is 0.0252. The topological polar surface area (TPSA) is 924 Å². The summed E-state index contributed by atoms with van der Waals surface area (Å²) in [5, 5.41) is 277. The molecule has 0 radical (unpaired) electrons. The fourth-order valence-electron chi connectivity index (χ4n) is 16.7. The highest BCUT2D eigenvalue weighted by Crippen LogP contribution is 2.36. The number of ether oxygens (including phenoxy) is 16. The molecular weight excluding hydrogens is 1920 g/mol. The second kappa shape index (κ2) is 58.7. The molecular formula is C82H140N10O50.